The summed E-state index contributed by atoms with van der Waals surface area (Å²) in [5.41, 5.74) is 0.959. The third-order valence-corrected chi connectivity index (χ3v) is 7.09. The fraction of sp³-hybridized carbons (Fsp3) is 0.300. The van der Waals surface area contributed by atoms with Gasteiger partial charge in [0.1, 0.15) is 22.6 Å². The topological polar surface area (TPSA) is 89.4 Å². The highest BCUT2D eigenvalue weighted by Crippen LogP contribution is 2.26. The Morgan fingerprint density at radius 2 is 1.83 bits per heavy atom. The molecule has 3 aromatic rings. The average Bonchev–Trinajstić information content (AvgIpc) is 3.19. The Morgan fingerprint density at radius 3 is 2.43 bits per heavy atom. The Bertz CT molecular complexity index is 1090. The number of benzene rings is 1. The molecule has 1 aliphatic rings. The van der Waals surface area contributed by atoms with E-state index in [1.807, 2.05) is 42.1 Å². The van der Waals surface area contributed by atoms with Crippen LogP contribution in [-0.2, 0) is 21.8 Å². The van der Waals surface area contributed by atoms with Gasteiger partial charge in [-0.25, -0.2) is 18.4 Å². The van der Waals surface area contributed by atoms with Crippen molar-refractivity contribution in [2.24, 2.45) is 7.05 Å². The number of hydrogen-bond acceptors (Lipinski definition) is 6. The number of nitrogens with one attached hydrogen (secondary N) is 1. The Balaban J connectivity index is 1.59. The van der Waals surface area contributed by atoms with E-state index in [1.165, 1.54) is 10.5 Å². The molecule has 30 heavy (non-hydrogen) atoms. The van der Waals surface area contributed by atoms with Crippen molar-refractivity contribution in [1.29, 1.82) is 0 Å². The number of rotatable bonds is 6. The van der Waals surface area contributed by atoms with Crippen LogP contribution in [-0.4, -0.2) is 53.6 Å². The van der Waals surface area contributed by atoms with Crippen molar-refractivity contribution in [3.63, 3.8) is 0 Å². The highest BCUT2D eigenvalue weighted by molar-refractivity contribution is 7.89. The van der Waals surface area contributed by atoms with Crippen LogP contribution in [0.15, 0.2) is 59.9 Å². The van der Waals surface area contributed by atoms with Crippen molar-refractivity contribution >= 4 is 27.4 Å². The van der Waals surface area contributed by atoms with E-state index >= 15 is 0 Å². The lowest BCUT2D eigenvalue weighted by Crippen LogP contribution is -2.40. The van der Waals surface area contributed by atoms with Gasteiger partial charge in [0.25, 0.3) is 0 Å². The molecule has 0 radical (unpaired) electrons. The normalized spacial score (nSPS) is 16.3. The number of pyridine rings is 1. The summed E-state index contributed by atoms with van der Waals surface area (Å²) < 4.78 is 34.2. The van der Waals surface area contributed by atoms with Gasteiger partial charge in [0, 0.05) is 43.8 Å². The lowest BCUT2D eigenvalue weighted by Gasteiger charge is -2.26. The molecule has 1 aromatic carbocycles. The van der Waals surface area contributed by atoms with Crippen LogP contribution in [0.1, 0.15) is 17.4 Å². The minimum Gasteiger partial charge on any atom is -0.379 e. The third kappa shape index (κ3) is 4.34. The first-order valence-corrected chi connectivity index (χ1v) is 11.3. The minimum absolute atomic E-state index is 0.162. The number of imidazole rings is 1. The van der Waals surface area contributed by atoms with Crippen molar-refractivity contribution in [2.75, 3.05) is 31.6 Å². The summed E-state index contributed by atoms with van der Waals surface area (Å²) in [5, 5.41) is 4.00. The van der Waals surface area contributed by atoms with Gasteiger partial charge < -0.3 is 14.6 Å². The van der Waals surface area contributed by atoms with Crippen LogP contribution in [0.3, 0.4) is 0 Å². The predicted octanol–water partition coefficient (Wildman–Crippen LogP) is 2.69. The first-order valence-electron chi connectivity index (χ1n) is 9.48. The van der Waals surface area contributed by atoms with E-state index < -0.39 is 10.0 Å². The largest absolute Gasteiger partial charge is 0.379 e. The van der Waals surface area contributed by atoms with Crippen molar-refractivity contribution < 1.29 is 13.2 Å². The van der Waals surface area contributed by atoms with Gasteiger partial charge in [-0.15, -0.1) is 0 Å². The molecule has 10 heteroatoms. The number of aryl methyl sites for hydroxylation is 1. The second kappa shape index (κ2) is 8.73. The molecule has 1 saturated heterocycles. The Hall–Kier alpha value is -2.46. The maximum absolute atomic E-state index is 12.8. The van der Waals surface area contributed by atoms with E-state index in [0.717, 1.165) is 11.4 Å². The molecule has 1 unspecified atom stereocenters. The molecule has 8 nitrogen and oxygen atoms in total. The number of sulfonamides is 1. The summed E-state index contributed by atoms with van der Waals surface area (Å²) >= 11 is 6.03. The molecule has 3 heterocycles. The zero-order valence-corrected chi connectivity index (χ0v) is 18.0. The molecule has 1 aliphatic heterocycles. The second-order valence-corrected chi connectivity index (χ2v) is 9.30. The molecular formula is C20H22ClN5O3S. The van der Waals surface area contributed by atoms with Crippen molar-refractivity contribution in [3.05, 3.63) is 71.4 Å². The summed E-state index contributed by atoms with van der Waals surface area (Å²) in [5.74, 6) is 1.34. The molecule has 2 aromatic heterocycles. The number of hydrogen-bond donors (Lipinski definition) is 1. The highest BCUT2D eigenvalue weighted by Gasteiger charge is 2.27. The maximum Gasteiger partial charge on any atom is 0.244 e. The van der Waals surface area contributed by atoms with Gasteiger partial charge in [0.15, 0.2) is 0 Å². The van der Waals surface area contributed by atoms with Crippen molar-refractivity contribution in [2.45, 2.75) is 10.9 Å². The van der Waals surface area contributed by atoms with E-state index in [4.69, 9.17) is 16.3 Å². The third-order valence-electron chi connectivity index (χ3n) is 4.96. The number of ether oxygens (including phenoxy) is 1. The number of morpholine rings is 1. The fourth-order valence-corrected chi connectivity index (χ4v) is 4.79. The second-order valence-electron chi connectivity index (χ2n) is 6.92. The molecule has 0 bridgehead atoms. The lowest BCUT2D eigenvalue weighted by molar-refractivity contribution is 0.0730. The van der Waals surface area contributed by atoms with Crippen LogP contribution in [0.2, 0.25) is 5.02 Å². The smallest absolute Gasteiger partial charge is 0.244 e. The van der Waals surface area contributed by atoms with Gasteiger partial charge in [-0.1, -0.05) is 23.7 Å². The van der Waals surface area contributed by atoms with E-state index in [-0.39, 0.29) is 10.9 Å². The van der Waals surface area contributed by atoms with Crippen LogP contribution < -0.4 is 5.32 Å². The Kier molecular flexibility index (Phi) is 6.05. The zero-order chi connectivity index (χ0) is 21.1. The minimum atomic E-state index is -3.58. The first-order chi connectivity index (χ1) is 14.4. The van der Waals surface area contributed by atoms with Crippen LogP contribution in [0, 0.1) is 0 Å². The molecule has 1 fully saturated rings. The summed E-state index contributed by atoms with van der Waals surface area (Å²) in [4.78, 5) is 8.97. The molecule has 4 rings (SSSR count). The van der Waals surface area contributed by atoms with Crippen LogP contribution in [0.4, 0.5) is 5.82 Å². The SMILES string of the molecule is Cn1ccnc1C(Nc1ccc(S(=O)(=O)N2CCOCC2)cn1)c1ccc(Cl)cc1. The fourth-order valence-electron chi connectivity index (χ4n) is 3.31. The number of aromatic nitrogens is 3. The van der Waals surface area contributed by atoms with Gasteiger partial charge in [-0.2, -0.15) is 4.31 Å². The van der Waals surface area contributed by atoms with Crippen molar-refractivity contribution in [1.82, 2.24) is 18.8 Å². The van der Waals surface area contributed by atoms with Gasteiger partial charge >= 0.3 is 0 Å². The molecule has 0 spiro atoms. The monoisotopic (exact) mass is 447 g/mol. The van der Waals surface area contributed by atoms with Gasteiger partial charge in [0.05, 0.1) is 13.2 Å². The number of anilines is 1. The summed E-state index contributed by atoms with van der Waals surface area (Å²) in [7, 11) is -1.67. The van der Waals surface area contributed by atoms with Crippen LogP contribution >= 0.6 is 11.6 Å². The van der Waals surface area contributed by atoms with Crippen molar-refractivity contribution in [3.8, 4) is 0 Å². The van der Waals surface area contributed by atoms with Crippen LogP contribution in [0.25, 0.3) is 0 Å². The van der Waals surface area contributed by atoms with Gasteiger partial charge in [-0.05, 0) is 29.8 Å². The van der Waals surface area contributed by atoms with E-state index in [1.54, 1.807) is 18.3 Å². The standard InChI is InChI=1S/C20H22ClN5O3S/c1-25-9-8-22-20(25)19(15-2-4-16(21)5-3-15)24-18-7-6-17(14-23-18)30(27,28)26-10-12-29-13-11-26/h2-9,14,19H,10-13H2,1H3,(H,23,24). The maximum atomic E-state index is 12.8. The molecule has 158 valence electrons. The van der Waals surface area contributed by atoms with E-state index in [9.17, 15) is 8.42 Å². The molecule has 1 atom stereocenters. The summed E-state index contributed by atoms with van der Waals surface area (Å²) in [6.07, 6.45) is 4.97. The van der Waals surface area contributed by atoms with E-state index in [0.29, 0.717) is 37.1 Å². The zero-order valence-electron chi connectivity index (χ0n) is 16.4. The van der Waals surface area contributed by atoms with Crippen LogP contribution in [0.5, 0.6) is 0 Å². The predicted molar refractivity (Wildman–Crippen MR) is 114 cm³/mol. The quantitative estimate of drug-likeness (QED) is 0.625. The molecule has 0 amide bonds. The average molecular weight is 448 g/mol. The summed E-state index contributed by atoms with van der Waals surface area (Å²) in [6.45, 7) is 1.50. The molecule has 1 N–H and O–H groups in total. The van der Waals surface area contributed by atoms with Gasteiger partial charge in [0.2, 0.25) is 10.0 Å². The first kappa shape index (κ1) is 20.8. The summed E-state index contributed by atoms with van der Waals surface area (Å²) in [6, 6.07) is 10.4. The number of halogens is 1. The molecule has 0 saturated carbocycles. The number of nitrogens with zero attached hydrogens (tertiary/aromatic N) is 4. The lowest BCUT2D eigenvalue weighted by atomic mass is 10.1. The Labute approximate surface area is 180 Å². The van der Waals surface area contributed by atoms with Gasteiger partial charge in [-0.3, -0.25) is 0 Å². The van der Waals surface area contributed by atoms with E-state index in [2.05, 4.69) is 15.3 Å². The molecule has 0 aliphatic carbocycles. The Morgan fingerprint density at radius 1 is 1.10 bits per heavy atom. The highest BCUT2D eigenvalue weighted by atomic mass is 35.5. The molecular weight excluding hydrogens is 426 g/mol.